The summed E-state index contributed by atoms with van der Waals surface area (Å²) in [5.41, 5.74) is 0.852. The van der Waals surface area contributed by atoms with Crippen LogP contribution < -0.4 is 25.1 Å². The van der Waals surface area contributed by atoms with Crippen molar-refractivity contribution < 1.29 is 27.4 Å². The summed E-state index contributed by atoms with van der Waals surface area (Å²) in [6.45, 7) is 6.84. The molecule has 3 aromatic rings. The van der Waals surface area contributed by atoms with Gasteiger partial charge in [-0.1, -0.05) is 6.07 Å². The highest BCUT2D eigenvalue weighted by Gasteiger charge is 2.18. The molecule has 10 nitrogen and oxygen atoms in total. The zero-order valence-corrected chi connectivity index (χ0v) is 22.4. The first kappa shape index (κ1) is 27.6. The maximum Gasteiger partial charge on any atom is 0.412 e. The number of amides is 1. The van der Waals surface area contributed by atoms with Crippen LogP contribution in [-0.2, 0) is 21.8 Å². The van der Waals surface area contributed by atoms with Crippen molar-refractivity contribution in [1.82, 2.24) is 4.57 Å². The van der Waals surface area contributed by atoms with Crippen molar-refractivity contribution in [3.05, 3.63) is 65.1 Å². The quantitative estimate of drug-likeness (QED) is 0.422. The molecule has 0 atom stereocenters. The zero-order chi connectivity index (χ0) is 27.4. The average Bonchev–Trinajstić information content (AvgIpc) is 2.80. The molecule has 37 heavy (non-hydrogen) atoms. The predicted molar refractivity (Wildman–Crippen MR) is 143 cm³/mol. The van der Waals surface area contributed by atoms with Crippen LogP contribution in [0.5, 0.6) is 17.2 Å². The maximum absolute atomic E-state index is 12.2. The minimum absolute atomic E-state index is 0.0960. The number of carbonyl (C=O) groups is 1. The van der Waals surface area contributed by atoms with Gasteiger partial charge in [0.05, 0.1) is 12.9 Å². The van der Waals surface area contributed by atoms with Gasteiger partial charge in [-0.05, 0) is 58.0 Å². The van der Waals surface area contributed by atoms with Crippen LogP contribution in [0.4, 0.5) is 16.2 Å². The molecule has 0 aliphatic rings. The van der Waals surface area contributed by atoms with Gasteiger partial charge in [0, 0.05) is 47.9 Å². The van der Waals surface area contributed by atoms with E-state index < -0.39 is 21.7 Å². The molecule has 2 aromatic carbocycles. The summed E-state index contributed by atoms with van der Waals surface area (Å²) in [5.74, 6) is 0.969. The van der Waals surface area contributed by atoms with Gasteiger partial charge in [0.25, 0.3) is 5.56 Å². The highest BCUT2D eigenvalue weighted by molar-refractivity contribution is 7.92. The van der Waals surface area contributed by atoms with E-state index in [1.54, 1.807) is 76.5 Å². The van der Waals surface area contributed by atoms with Crippen LogP contribution in [-0.4, -0.2) is 37.5 Å². The number of hydrogen-bond acceptors (Lipinski definition) is 7. The number of methoxy groups -OCH3 is 1. The molecule has 0 saturated carbocycles. The van der Waals surface area contributed by atoms with Gasteiger partial charge in [0.15, 0.2) is 0 Å². The van der Waals surface area contributed by atoms with E-state index in [1.165, 1.54) is 24.7 Å². The number of nitrogens with zero attached hydrogens (tertiary/aromatic N) is 1. The lowest BCUT2D eigenvalue weighted by atomic mass is 10.0. The maximum atomic E-state index is 12.2. The Morgan fingerprint density at radius 3 is 2.38 bits per heavy atom. The summed E-state index contributed by atoms with van der Waals surface area (Å²) < 4.78 is 45.1. The van der Waals surface area contributed by atoms with E-state index >= 15 is 0 Å². The molecule has 0 radical (unpaired) electrons. The van der Waals surface area contributed by atoms with E-state index in [9.17, 15) is 18.0 Å². The number of aromatic nitrogens is 1. The minimum atomic E-state index is -3.53. The number of carbonyl (C=O) groups excluding carboxylic acids is 1. The average molecular weight is 530 g/mol. The molecule has 0 unspecified atom stereocenters. The van der Waals surface area contributed by atoms with Crippen LogP contribution in [0.3, 0.4) is 0 Å². The van der Waals surface area contributed by atoms with Gasteiger partial charge in [-0.3, -0.25) is 14.8 Å². The van der Waals surface area contributed by atoms with E-state index in [2.05, 4.69) is 10.0 Å². The lowest BCUT2D eigenvalue weighted by molar-refractivity contribution is 0.0636. The first-order valence-electron chi connectivity index (χ1n) is 11.5. The van der Waals surface area contributed by atoms with Crippen LogP contribution in [0, 0.1) is 0 Å². The monoisotopic (exact) mass is 529 g/mol. The second-order valence-electron chi connectivity index (χ2n) is 9.18. The molecule has 0 spiro atoms. The first-order chi connectivity index (χ1) is 17.3. The third-order valence-electron chi connectivity index (χ3n) is 5.04. The lowest BCUT2D eigenvalue weighted by Gasteiger charge is -2.20. The fraction of sp³-hybridized carbons (Fsp3) is 0.308. The number of aryl methyl sites for hydroxylation is 1. The van der Waals surface area contributed by atoms with Crippen molar-refractivity contribution in [2.24, 2.45) is 7.05 Å². The molecule has 11 heteroatoms. The van der Waals surface area contributed by atoms with Gasteiger partial charge in [-0.15, -0.1) is 0 Å². The Morgan fingerprint density at radius 2 is 1.73 bits per heavy atom. The Hall–Kier alpha value is -3.99. The molecular weight excluding hydrogens is 498 g/mol. The van der Waals surface area contributed by atoms with Crippen LogP contribution >= 0.6 is 0 Å². The molecule has 198 valence electrons. The van der Waals surface area contributed by atoms with Crippen LogP contribution in [0.25, 0.3) is 11.1 Å². The second-order valence-corrected chi connectivity index (χ2v) is 11.2. The van der Waals surface area contributed by atoms with Crippen molar-refractivity contribution in [1.29, 1.82) is 0 Å². The molecular formula is C26H31N3O7S. The van der Waals surface area contributed by atoms with Crippen molar-refractivity contribution in [3.63, 3.8) is 0 Å². The highest BCUT2D eigenvalue weighted by Crippen LogP contribution is 2.40. The number of sulfonamides is 1. The number of benzene rings is 2. The smallest absolute Gasteiger partial charge is 0.412 e. The number of ether oxygens (including phenoxy) is 3. The summed E-state index contributed by atoms with van der Waals surface area (Å²) in [6, 6.07) is 12.9. The summed E-state index contributed by atoms with van der Waals surface area (Å²) in [4.78, 5) is 24.4. The van der Waals surface area contributed by atoms with Gasteiger partial charge in [0.1, 0.15) is 22.8 Å². The summed E-state index contributed by atoms with van der Waals surface area (Å²) >= 11 is 0. The molecule has 1 aromatic heterocycles. The van der Waals surface area contributed by atoms with Crippen molar-refractivity contribution >= 4 is 27.5 Å². The largest absolute Gasteiger partial charge is 0.496 e. The van der Waals surface area contributed by atoms with Gasteiger partial charge in [-0.25, -0.2) is 13.2 Å². The van der Waals surface area contributed by atoms with Gasteiger partial charge >= 0.3 is 6.09 Å². The zero-order valence-electron chi connectivity index (χ0n) is 21.6. The lowest BCUT2D eigenvalue weighted by Crippen LogP contribution is -2.27. The van der Waals surface area contributed by atoms with E-state index in [0.29, 0.717) is 39.8 Å². The molecule has 3 rings (SSSR count). The van der Waals surface area contributed by atoms with Crippen LogP contribution in [0.1, 0.15) is 27.7 Å². The fourth-order valence-electron chi connectivity index (χ4n) is 3.31. The Labute approximate surface area is 216 Å². The molecule has 0 aliphatic heterocycles. The topological polar surface area (TPSA) is 125 Å². The number of hydrogen-bond donors (Lipinski definition) is 2. The molecule has 0 fully saturated rings. The standard InChI is InChI=1S/C26H31N3O7S/c1-7-37(32,33)28-18-11-12-22(20(14-18)21-16-29(5)24(30)15-23(21)34-6)35-19-10-8-9-17(13-19)27-25(31)36-26(2,3)4/h8-16,28H,7H2,1-6H3,(H,27,31). The fourth-order valence-corrected chi connectivity index (χ4v) is 3.94. The molecule has 0 saturated heterocycles. The summed E-state index contributed by atoms with van der Waals surface area (Å²) in [7, 11) is -0.496. The summed E-state index contributed by atoms with van der Waals surface area (Å²) in [6.07, 6.45) is 0.981. The number of anilines is 2. The Kier molecular flexibility index (Phi) is 8.17. The van der Waals surface area contributed by atoms with E-state index in [1.807, 2.05) is 0 Å². The third-order valence-corrected chi connectivity index (χ3v) is 6.35. The Morgan fingerprint density at radius 1 is 1.00 bits per heavy atom. The molecule has 2 N–H and O–H groups in total. The second kappa shape index (κ2) is 11.0. The highest BCUT2D eigenvalue weighted by atomic mass is 32.2. The number of nitrogens with one attached hydrogen (secondary N) is 2. The van der Waals surface area contributed by atoms with E-state index in [-0.39, 0.29) is 11.3 Å². The van der Waals surface area contributed by atoms with Crippen LogP contribution in [0.15, 0.2) is 59.5 Å². The predicted octanol–water partition coefficient (Wildman–Crippen LogP) is 4.96. The van der Waals surface area contributed by atoms with Gasteiger partial charge in [-0.2, -0.15) is 0 Å². The molecule has 0 aliphatic carbocycles. The molecule has 1 heterocycles. The number of pyridine rings is 1. The van der Waals surface area contributed by atoms with E-state index in [4.69, 9.17) is 14.2 Å². The Bertz CT molecular complexity index is 1460. The minimum Gasteiger partial charge on any atom is -0.496 e. The third kappa shape index (κ3) is 7.50. The molecule has 1 amide bonds. The molecule has 0 bridgehead atoms. The van der Waals surface area contributed by atoms with Crippen LogP contribution in [0.2, 0.25) is 0 Å². The van der Waals surface area contributed by atoms with Crippen molar-refractivity contribution in [2.45, 2.75) is 33.3 Å². The van der Waals surface area contributed by atoms with Crippen molar-refractivity contribution in [3.8, 4) is 28.4 Å². The Balaban J connectivity index is 2.04. The summed E-state index contributed by atoms with van der Waals surface area (Å²) in [5, 5.41) is 2.67. The number of rotatable bonds is 8. The normalized spacial score (nSPS) is 11.5. The van der Waals surface area contributed by atoms with E-state index in [0.717, 1.165) is 0 Å². The van der Waals surface area contributed by atoms with Gasteiger partial charge in [0.2, 0.25) is 10.0 Å². The van der Waals surface area contributed by atoms with Crippen molar-refractivity contribution in [2.75, 3.05) is 22.9 Å². The SMILES string of the molecule is CCS(=O)(=O)Nc1ccc(Oc2cccc(NC(=O)OC(C)(C)C)c2)c(-c2cn(C)c(=O)cc2OC)c1. The van der Waals surface area contributed by atoms with Gasteiger partial charge < -0.3 is 18.8 Å². The first-order valence-corrected chi connectivity index (χ1v) is 13.1.